The third-order valence-corrected chi connectivity index (χ3v) is 3.43. The smallest absolute Gasteiger partial charge is 0.148 e. The fourth-order valence-corrected chi connectivity index (χ4v) is 2.20. The molecule has 0 unspecified atom stereocenters. The molecule has 0 saturated carbocycles. The van der Waals surface area contributed by atoms with Crippen molar-refractivity contribution in [1.29, 1.82) is 0 Å². The lowest BCUT2D eigenvalue weighted by atomic mass is 10.0. The van der Waals surface area contributed by atoms with Crippen LogP contribution in [0.25, 0.3) is 0 Å². The quantitative estimate of drug-likeness (QED) is 0.612. The van der Waals surface area contributed by atoms with Gasteiger partial charge in [0.05, 0.1) is 12.4 Å². The summed E-state index contributed by atoms with van der Waals surface area (Å²) in [6, 6.07) is 1.83. The summed E-state index contributed by atoms with van der Waals surface area (Å²) in [6.45, 7) is 2.61. The average molecular weight is 252 g/mol. The maximum Gasteiger partial charge on any atom is 0.148 e. The molecule has 1 aliphatic heterocycles. The van der Waals surface area contributed by atoms with Gasteiger partial charge in [-0.3, -0.25) is 0 Å². The Morgan fingerprint density at radius 1 is 1.61 bits per heavy atom. The molecule has 6 heteroatoms. The van der Waals surface area contributed by atoms with Gasteiger partial charge in [0.2, 0.25) is 0 Å². The molecule has 2 heterocycles. The van der Waals surface area contributed by atoms with E-state index in [-0.39, 0.29) is 12.5 Å². The second-order valence-corrected chi connectivity index (χ2v) is 4.57. The normalized spacial score (nSPS) is 17.2. The highest BCUT2D eigenvalue weighted by molar-refractivity contribution is 5.82. The van der Waals surface area contributed by atoms with E-state index in [0.29, 0.717) is 18.9 Å². The van der Waals surface area contributed by atoms with Crippen LogP contribution in [0.4, 0.5) is 17.2 Å². The summed E-state index contributed by atoms with van der Waals surface area (Å²) in [5, 5.41) is 22.5. The van der Waals surface area contributed by atoms with E-state index in [9.17, 15) is 10.2 Å². The molecule has 18 heavy (non-hydrogen) atoms. The first-order valence-electron chi connectivity index (χ1n) is 6.21. The van der Waals surface area contributed by atoms with Crippen LogP contribution in [-0.4, -0.2) is 34.7 Å². The zero-order chi connectivity index (χ0) is 13.1. The lowest BCUT2D eigenvalue weighted by Crippen LogP contribution is -2.36. The zero-order valence-electron chi connectivity index (χ0n) is 10.5. The summed E-state index contributed by atoms with van der Waals surface area (Å²) in [6.07, 6.45) is 2.39. The number of aliphatic hydroxyl groups is 2. The molecule has 5 N–H and O–H groups in total. The zero-order valence-corrected chi connectivity index (χ0v) is 10.5. The van der Waals surface area contributed by atoms with Crippen molar-refractivity contribution in [3.63, 3.8) is 0 Å². The van der Waals surface area contributed by atoms with Gasteiger partial charge < -0.3 is 26.2 Å². The molecular weight excluding hydrogens is 232 g/mol. The summed E-state index contributed by atoms with van der Waals surface area (Å²) in [5.41, 5.74) is 7.40. The predicted octanol–water partition coefficient (Wildman–Crippen LogP) is 0.580. The van der Waals surface area contributed by atoms with E-state index in [0.717, 1.165) is 17.8 Å². The van der Waals surface area contributed by atoms with Crippen molar-refractivity contribution in [3.05, 3.63) is 12.3 Å². The SMILES string of the molecule is CC[C@H](CO)C[C@@H](O)N1CNc2c1ccnc2N. The summed E-state index contributed by atoms with van der Waals surface area (Å²) < 4.78 is 0. The molecule has 2 atom stereocenters. The summed E-state index contributed by atoms with van der Waals surface area (Å²) in [5.74, 6) is 0.555. The fourth-order valence-electron chi connectivity index (χ4n) is 2.20. The molecule has 1 aromatic heterocycles. The van der Waals surface area contributed by atoms with Gasteiger partial charge in [-0.05, 0) is 18.4 Å². The molecule has 100 valence electrons. The van der Waals surface area contributed by atoms with Gasteiger partial charge in [-0.1, -0.05) is 13.3 Å². The molecule has 0 bridgehead atoms. The lowest BCUT2D eigenvalue weighted by Gasteiger charge is -2.27. The number of nitrogen functional groups attached to an aromatic ring is 1. The van der Waals surface area contributed by atoms with Crippen molar-refractivity contribution in [2.75, 3.05) is 29.2 Å². The van der Waals surface area contributed by atoms with Crippen LogP contribution < -0.4 is 16.0 Å². The van der Waals surface area contributed by atoms with Crippen molar-refractivity contribution >= 4 is 17.2 Å². The first-order valence-corrected chi connectivity index (χ1v) is 6.21. The number of nitrogens with one attached hydrogen (secondary N) is 1. The number of pyridine rings is 1. The minimum atomic E-state index is -0.627. The second kappa shape index (κ2) is 5.41. The van der Waals surface area contributed by atoms with Crippen molar-refractivity contribution in [2.24, 2.45) is 5.92 Å². The van der Waals surface area contributed by atoms with Crippen LogP contribution in [0.5, 0.6) is 0 Å². The minimum Gasteiger partial charge on any atom is -0.396 e. The van der Waals surface area contributed by atoms with Gasteiger partial charge in [0.25, 0.3) is 0 Å². The topological polar surface area (TPSA) is 94.6 Å². The highest BCUT2D eigenvalue weighted by Crippen LogP contribution is 2.36. The summed E-state index contributed by atoms with van der Waals surface area (Å²) >= 11 is 0. The van der Waals surface area contributed by atoms with Gasteiger partial charge in [-0.2, -0.15) is 0 Å². The van der Waals surface area contributed by atoms with Gasteiger partial charge in [0.1, 0.15) is 17.7 Å². The van der Waals surface area contributed by atoms with Gasteiger partial charge in [-0.25, -0.2) is 4.98 Å². The Hall–Kier alpha value is -1.53. The summed E-state index contributed by atoms with van der Waals surface area (Å²) in [7, 11) is 0. The highest BCUT2D eigenvalue weighted by Gasteiger charge is 2.27. The number of nitrogens with two attached hydrogens (primary N) is 1. The first-order chi connectivity index (χ1) is 8.67. The number of nitrogens with zero attached hydrogens (tertiary/aromatic N) is 2. The third-order valence-electron chi connectivity index (χ3n) is 3.43. The number of aliphatic hydroxyl groups excluding tert-OH is 2. The predicted molar refractivity (Wildman–Crippen MR) is 71.1 cm³/mol. The van der Waals surface area contributed by atoms with E-state index < -0.39 is 6.23 Å². The van der Waals surface area contributed by atoms with E-state index in [4.69, 9.17) is 5.73 Å². The standard InChI is InChI=1S/C12H20N4O2/c1-2-8(6-17)5-10(18)16-7-15-11-9(16)3-4-14-12(11)13/h3-4,8,10,15,17-18H,2,5-7H2,1H3,(H2,13,14)/t8-,10+/m0/s1. The second-order valence-electron chi connectivity index (χ2n) is 4.57. The average Bonchev–Trinajstić information content (AvgIpc) is 2.81. The van der Waals surface area contributed by atoms with Crippen LogP contribution in [-0.2, 0) is 0 Å². The Morgan fingerprint density at radius 3 is 3.06 bits per heavy atom. The van der Waals surface area contributed by atoms with Gasteiger partial charge in [0.15, 0.2) is 0 Å². The van der Waals surface area contributed by atoms with Gasteiger partial charge >= 0.3 is 0 Å². The summed E-state index contributed by atoms with van der Waals surface area (Å²) in [4.78, 5) is 5.84. The van der Waals surface area contributed by atoms with E-state index in [2.05, 4.69) is 10.3 Å². The molecule has 1 aliphatic rings. The van der Waals surface area contributed by atoms with Crippen LogP contribution in [0.15, 0.2) is 12.3 Å². The molecule has 0 radical (unpaired) electrons. The van der Waals surface area contributed by atoms with Crippen molar-refractivity contribution < 1.29 is 10.2 Å². The largest absolute Gasteiger partial charge is 0.396 e. The van der Waals surface area contributed by atoms with Crippen molar-refractivity contribution in [1.82, 2.24) is 4.98 Å². The van der Waals surface area contributed by atoms with Crippen LogP contribution in [0.3, 0.4) is 0 Å². The minimum absolute atomic E-state index is 0.0974. The van der Waals surface area contributed by atoms with Gasteiger partial charge in [0, 0.05) is 12.8 Å². The third kappa shape index (κ3) is 2.34. The van der Waals surface area contributed by atoms with E-state index in [1.165, 1.54) is 0 Å². The van der Waals surface area contributed by atoms with E-state index in [1.807, 2.05) is 17.9 Å². The number of hydrogen-bond acceptors (Lipinski definition) is 6. The molecule has 0 saturated heterocycles. The lowest BCUT2D eigenvalue weighted by molar-refractivity contribution is 0.112. The maximum absolute atomic E-state index is 10.2. The molecule has 6 nitrogen and oxygen atoms in total. The number of fused-ring (bicyclic) bond motifs is 1. The number of anilines is 3. The number of hydrogen-bond donors (Lipinski definition) is 4. The van der Waals surface area contributed by atoms with Crippen LogP contribution in [0.2, 0.25) is 0 Å². The van der Waals surface area contributed by atoms with Crippen molar-refractivity contribution in [3.8, 4) is 0 Å². The highest BCUT2D eigenvalue weighted by atomic mass is 16.3. The Balaban J connectivity index is 2.11. The molecular formula is C12H20N4O2. The van der Waals surface area contributed by atoms with Crippen molar-refractivity contribution in [2.45, 2.75) is 26.0 Å². The maximum atomic E-state index is 10.2. The molecule has 0 amide bonds. The Bertz CT molecular complexity index is 409. The molecule has 1 aromatic rings. The molecule has 0 spiro atoms. The molecule has 0 fully saturated rings. The van der Waals surface area contributed by atoms with Crippen LogP contribution in [0, 0.1) is 5.92 Å². The molecule has 2 rings (SSSR count). The fraction of sp³-hybridized carbons (Fsp3) is 0.583. The first kappa shape index (κ1) is 12.9. The van der Waals surface area contributed by atoms with Crippen LogP contribution in [0.1, 0.15) is 19.8 Å². The molecule has 0 aromatic carbocycles. The Morgan fingerprint density at radius 2 is 2.39 bits per heavy atom. The van der Waals surface area contributed by atoms with Crippen LogP contribution >= 0.6 is 0 Å². The number of aromatic nitrogens is 1. The van der Waals surface area contributed by atoms with E-state index in [1.54, 1.807) is 6.20 Å². The van der Waals surface area contributed by atoms with Gasteiger partial charge in [-0.15, -0.1) is 0 Å². The molecule has 0 aliphatic carbocycles. The monoisotopic (exact) mass is 252 g/mol. The number of rotatable bonds is 5. The Kier molecular flexibility index (Phi) is 3.88. The van der Waals surface area contributed by atoms with E-state index >= 15 is 0 Å². The Labute approximate surface area is 106 Å².